The molecule has 24 heavy (non-hydrogen) atoms. The Labute approximate surface area is 165 Å². The van der Waals surface area contributed by atoms with Crippen molar-refractivity contribution in [2.24, 2.45) is 12.0 Å². The van der Waals surface area contributed by atoms with Crippen molar-refractivity contribution in [2.75, 3.05) is 21.2 Å². The van der Waals surface area contributed by atoms with Gasteiger partial charge in [0, 0.05) is 50.2 Å². The summed E-state index contributed by atoms with van der Waals surface area (Å²) in [5, 5.41) is 4.02. The average molecular weight is 463 g/mol. The molecule has 0 fully saturated rings. The summed E-state index contributed by atoms with van der Waals surface area (Å²) >= 11 is 6.00. The highest BCUT2D eigenvalue weighted by Gasteiger charge is 2.10. The van der Waals surface area contributed by atoms with Crippen LogP contribution < -0.4 is 10.1 Å². The van der Waals surface area contributed by atoms with Gasteiger partial charge in [0.1, 0.15) is 5.75 Å². The third kappa shape index (κ3) is 5.31. The Kier molecular flexibility index (Phi) is 8.41. The minimum absolute atomic E-state index is 0. The summed E-state index contributed by atoms with van der Waals surface area (Å²) in [5.41, 5.74) is 2.25. The van der Waals surface area contributed by atoms with E-state index in [0.29, 0.717) is 11.6 Å². The molecule has 2 rings (SSSR count). The molecule has 1 aromatic heterocycles. The molecule has 0 saturated heterocycles. The molecule has 0 aliphatic carbocycles. The first kappa shape index (κ1) is 20.6. The number of hydrogen-bond acceptors (Lipinski definition) is 2. The van der Waals surface area contributed by atoms with Gasteiger partial charge in [-0.1, -0.05) is 17.7 Å². The van der Waals surface area contributed by atoms with E-state index in [4.69, 9.17) is 16.3 Å². The zero-order valence-electron chi connectivity index (χ0n) is 14.4. The number of ether oxygens (including phenoxy) is 1. The van der Waals surface area contributed by atoms with E-state index < -0.39 is 0 Å². The van der Waals surface area contributed by atoms with E-state index >= 15 is 0 Å². The van der Waals surface area contributed by atoms with Crippen molar-refractivity contribution >= 4 is 41.5 Å². The Morgan fingerprint density at radius 3 is 2.71 bits per heavy atom. The van der Waals surface area contributed by atoms with Gasteiger partial charge in [0.2, 0.25) is 0 Å². The van der Waals surface area contributed by atoms with Crippen LogP contribution in [0.15, 0.2) is 41.5 Å². The van der Waals surface area contributed by atoms with Crippen LogP contribution >= 0.6 is 35.6 Å². The van der Waals surface area contributed by atoms with Crippen molar-refractivity contribution in [3.8, 4) is 5.75 Å². The summed E-state index contributed by atoms with van der Waals surface area (Å²) in [5.74, 6) is 1.59. The molecule has 0 spiro atoms. The van der Waals surface area contributed by atoms with Crippen LogP contribution in [0.1, 0.15) is 11.3 Å². The van der Waals surface area contributed by atoms with Crippen molar-refractivity contribution in [3.63, 3.8) is 0 Å². The largest absolute Gasteiger partial charge is 0.496 e. The summed E-state index contributed by atoms with van der Waals surface area (Å²) < 4.78 is 7.48. The maximum absolute atomic E-state index is 6.00. The zero-order valence-corrected chi connectivity index (χ0v) is 17.5. The maximum atomic E-state index is 6.00. The van der Waals surface area contributed by atoms with Gasteiger partial charge in [-0.2, -0.15) is 0 Å². The number of aryl methyl sites for hydroxylation is 1. The molecule has 1 aromatic carbocycles. The molecule has 2 aromatic rings. The predicted octanol–water partition coefficient (Wildman–Crippen LogP) is 3.51. The first-order valence-electron chi connectivity index (χ1n) is 7.39. The Balaban J connectivity index is 0.00000288. The number of nitrogens with zero attached hydrogens (tertiary/aromatic N) is 3. The van der Waals surface area contributed by atoms with Crippen molar-refractivity contribution in [1.29, 1.82) is 0 Å². The van der Waals surface area contributed by atoms with Gasteiger partial charge in [-0.05, 0) is 24.3 Å². The van der Waals surface area contributed by atoms with Crippen molar-refractivity contribution in [2.45, 2.75) is 13.1 Å². The van der Waals surface area contributed by atoms with E-state index in [0.717, 1.165) is 23.8 Å². The molecule has 0 aliphatic rings. The molecule has 132 valence electrons. The molecule has 1 N–H and O–H groups in total. The number of methoxy groups -OCH3 is 1. The number of aromatic nitrogens is 1. The fourth-order valence-electron chi connectivity index (χ4n) is 2.40. The zero-order chi connectivity index (χ0) is 16.8. The second-order valence-corrected chi connectivity index (χ2v) is 5.76. The molecular formula is C17H24ClIN4O. The lowest BCUT2D eigenvalue weighted by Crippen LogP contribution is -2.38. The Morgan fingerprint density at radius 2 is 2.12 bits per heavy atom. The molecule has 0 radical (unpaired) electrons. The van der Waals surface area contributed by atoms with Crippen LogP contribution in [0.4, 0.5) is 0 Å². The lowest BCUT2D eigenvalue weighted by atomic mass is 10.2. The molecule has 0 bridgehead atoms. The van der Waals surface area contributed by atoms with Crippen LogP contribution in [-0.2, 0) is 20.1 Å². The van der Waals surface area contributed by atoms with Gasteiger partial charge in [-0.25, -0.2) is 0 Å². The Morgan fingerprint density at radius 1 is 1.38 bits per heavy atom. The van der Waals surface area contributed by atoms with Crippen LogP contribution in [-0.4, -0.2) is 36.6 Å². The second-order valence-electron chi connectivity index (χ2n) is 5.32. The highest BCUT2D eigenvalue weighted by molar-refractivity contribution is 14.0. The van der Waals surface area contributed by atoms with E-state index in [1.807, 2.05) is 44.6 Å². The van der Waals surface area contributed by atoms with Crippen LogP contribution in [0, 0.1) is 0 Å². The monoisotopic (exact) mass is 462 g/mol. The topological polar surface area (TPSA) is 41.8 Å². The number of nitrogens with one attached hydrogen (secondary N) is 1. The molecule has 0 amide bonds. The van der Waals surface area contributed by atoms with Gasteiger partial charge >= 0.3 is 0 Å². The van der Waals surface area contributed by atoms with Gasteiger partial charge in [0.15, 0.2) is 5.96 Å². The normalized spacial score (nSPS) is 11.0. The fraction of sp³-hybridized carbons (Fsp3) is 0.353. The average Bonchev–Trinajstić information content (AvgIpc) is 2.94. The lowest BCUT2D eigenvalue weighted by molar-refractivity contribution is 0.408. The first-order chi connectivity index (χ1) is 11.0. The summed E-state index contributed by atoms with van der Waals surface area (Å²) in [7, 11) is 7.48. The predicted molar refractivity (Wildman–Crippen MR) is 110 cm³/mol. The number of guanidine groups is 1. The number of aliphatic imine (C=N–C) groups is 1. The molecule has 0 aliphatic heterocycles. The van der Waals surface area contributed by atoms with Crippen LogP contribution in [0.25, 0.3) is 0 Å². The second kappa shape index (κ2) is 9.78. The maximum Gasteiger partial charge on any atom is 0.194 e. The van der Waals surface area contributed by atoms with Crippen molar-refractivity contribution < 1.29 is 4.74 Å². The van der Waals surface area contributed by atoms with E-state index in [9.17, 15) is 0 Å². The summed E-state index contributed by atoms with van der Waals surface area (Å²) in [6, 6.07) is 9.77. The summed E-state index contributed by atoms with van der Waals surface area (Å²) in [4.78, 5) is 6.42. The highest BCUT2D eigenvalue weighted by atomic mass is 127. The summed E-state index contributed by atoms with van der Waals surface area (Å²) in [6.07, 6.45) is 2.04. The van der Waals surface area contributed by atoms with E-state index in [1.54, 1.807) is 14.2 Å². The number of halogens is 2. The van der Waals surface area contributed by atoms with E-state index in [-0.39, 0.29) is 24.0 Å². The highest BCUT2D eigenvalue weighted by Crippen LogP contribution is 2.22. The minimum Gasteiger partial charge on any atom is -0.496 e. The lowest BCUT2D eigenvalue weighted by Gasteiger charge is -2.23. The minimum atomic E-state index is 0. The molecular weight excluding hydrogens is 439 g/mol. The quantitative estimate of drug-likeness (QED) is 0.420. The smallest absolute Gasteiger partial charge is 0.194 e. The number of rotatable bonds is 5. The van der Waals surface area contributed by atoms with Crippen LogP contribution in [0.2, 0.25) is 5.02 Å². The van der Waals surface area contributed by atoms with Crippen molar-refractivity contribution in [3.05, 3.63) is 52.8 Å². The molecule has 5 nitrogen and oxygen atoms in total. The first-order valence-corrected chi connectivity index (χ1v) is 7.77. The standard InChI is InChI=1S/C17H23ClN4O.HI/c1-19-17(22(3)12-15-6-5-9-21(15)2)20-11-13-7-8-14(18)10-16(13)23-4;/h5-10H,11-12H2,1-4H3,(H,19,20);1H. The van der Waals surface area contributed by atoms with E-state index in [2.05, 4.69) is 25.8 Å². The third-order valence-corrected chi connectivity index (χ3v) is 3.95. The van der Waals surface area contributed by atoms with E-state index in [1.165, 1.54) is 5.69 Å². The number of benzene rings is 1. The summed E-state index contributed by atoms with van der Waals surface area (Å²) in [6.45, 7) is 1.39. The Bertz CT molecular complexity index is 687. The van der Waals surface area contributed by atoms with Gasteiger partial charge in [-0.15, -0.1) is 24.0 Å². The molecule has 1 heterocycles. The molecule has 0 unspecified atom stereocenters. The molecule has 7 heteroatoms. The Hall–Kier alpha value is -1.41. The van der Waals surface area contributed by atoms with Gasteiger partial charge < -0.3 is 19.5 Å². The third-order valence-electron chi connectivity index (χ3n) is 3.71. The molecule has 0 atom stereocenters. The number of hydrogen-bond donors (Lipinski definition) is 1. The van der Waals surface area contributed by atoms with Crippen LogP contribution in [0.3, 0.4) is 0 Å². The molecule has 0 saturated carbocycles. The van der Waals surface area contributed by atoms with Gasteiger partial charge in [-0.3, -0.25) is 4.99 Å². The van der Waals surface area contributed by atoms with Gasteiger partial charge in [0.25, 0.3) is 0 Å². The fourth-order valence-corrected chi connectivity index (χ4v) is 2.56. The SMILES string of the molecule is CN=C(NCc1ccc(Cl)cc1OC)N(C)Cc1cccn1C.I. The van der Waals surface area contributed by atoms with Crippen LogP contribution in [0.5, 0.6) is 5.75 Å². The van der Waals surface area contributed by atoms with Gasteiger partial charge in [0.05, 0.1) is 13.7 Å². The van der Waals surface area contributed by atoms with Crippen molar-refractivity contribution in [1.82, 2.24) is 14.8 Å².